The minimum absolute atomic E-state index is 0.213. The maximum absolute atomic E-state index is 5.70. The van der Waals surface area contributed by atoms with Gasteiger partial charge in [0.05, 0.1) is 6.10 Å². The number of nitrogens with zero attached hydrogens (tertiary/aromatic N) is 1. The number of hydrogen-bond donors (Lipinski definition) is 1. The molecule has 0 radical (unpaired) electrons. The first kappa shape index (κ1) is 14.5. The predicted molar refractivity (Wildman–Crippen MR) is 81.9 cm³/mol. The second kappa shape index (κ2) is 7.65. The van der Waals surface area contributed by atoms with Gasteiger partial charge in [0.1, 0.15) is 5.75 Å². The number of pyridine rings is 1. The van der Waals surface area contributed by atoms with Gasteiger partial charge in [0.25, 0.3) is 0 Å². The molecule has 2 aromatic rings. The summed E-state index contributed by atoms with van der Waals surface area (Å²) in [6.45, 7) is 5.90. The lowest BCUT2D eigenvalue weighted by Crippen LogP contribution is -2.16. The van der Waals surface area contributed by atoms with Crippen molar-refractivity contribution in [2.24, 2.45) is 0 Å². The lowest BCUT2D eigenvalue weighted by atomic mass is 10.2. The Morgan fingerprint density at radius 2 is 1.90 bits per heavy atom. The van der Waals surface area contributed by atoms with E-state index in [1.807, 2.05) is 38.4 Å². The molecule has 1 aromatic heterocycles. The van der Waals surface area contributed by atoms with E-state index in [1.54, 1.807) is 0 Å². The zero-order chi connectivity index (χ0) is 14.2. The van der Waals surface area contributed by atoms with Crippen molar-refractivity contribution in [2.75, 3.05) is 6.54 Å². The Kier molecular flexibility index (Phi) is 5.56. The van der Waals surface area contributed by atoms with Crippen LogP contribution in [0, 0.1) is 0 Å². The highest BCUT2D eigenvalue weighted by atomic mass is 16.5. The van der Waals surface area contributed by atoms with Crippen molar-refractivity contribution in [1.82, 2.24) is 10.3 Å². The van der Waals surface area contributed by atoms with Crippen LogP contribution in [0.2, 0.25) is 0 Å². The summed E-state index contributed by atoms with van der Waals surface area (Å²) in [5.41, 5.74) is 2.56. The second-order valence-corrected chi connectivity index (χ2v) is 5.10. The fraction of sp³-hybridized carbons (Fsp3) is 0.353. The van der Waals surface area contributed by atoms with Gasteiger partial charge in [-0.2, -0.15) is 0 Å². The number of nitrogens with one attached hydrogen (secondary N) is 1. The molecule has 0 saturated carbocycles. The highest BCUT2D eigenvalue weighted by molar-refractivity contribution is 5.28. The maximum atomic E-state index is 5.70. The van der Waals surface area contributed by atoms with E-state index < -0.39 is 0 Å². The van der Waals surface area contributed by atoms with Crippen molar-refractivity contribution < 1.29 is 4.74 Å². The Bertz CT molecular complexity index is 511. The molecular formula is C17H22N2O. The van der Waals surface area contributed by atoms with E-state index >= 15 is 0 Å². The summed E-state index contributed by atoms with van der Waals surface area (Å²) in [6, 6.07) is 12.4. The van der Waals surface area contributed by atoms with Crippen LogP contribution in [-0.2, 0) is 13.0 Å². The zero-order valence-electron chi connectivity index (χ0n) is 12.2. The summed E-state index contributed by atoms with van der Waals surface area (Å²) >= 11 is 0. The van der Waals surface area contributed by atoms with Crippen LogP contribution in [0.5, 0.6) is 5.75 Å². The Labute approximate surface area is 121 Å². The van der Waals surface area contributed by atoms with Crippen molar-refractivity contribution in [2.45, 2.75) is 32.9 Å². The quantitative estimate of drug-likeness (QED) is 0.785. The molecular weight excluding hydrogens is 248 g/mol. The Hall–Kier alpha value is -1.87. The van der Waals surface area contributed by atoms with Crippen LogP contribution >= 0.6 is 0 Å². The first-order chi connectivity index (χ1) is 9.74. The molecule has 0 atom stereocenters. The Balaban J connectivity index is 1.76. The Morgan fingerprint density at radius 1 is 1.10 bits per heavy atom. The zero-order valence-corrected chi connectivity index (χ0v) is 12.2. The fourth-order valence-electron chi connectivity index (χ4n) is 2.02. The molecule has 106 valence electrons. The summed E-state index contributed by atoms with van der Waals surface area (Å²) in [4.78, 5) is 4.02. The number of hydrogen-bond acceptors (Lipinski definition) is 3. The van der Waals surface area contributed by atoms with E-state index in [1.165, 1.54) is 11.1 Å². The van der Waals surface area contributed by atoms with E-state index in [2.05, 4.69) is 34.6 Å². The van der Waals surface area contributed by atoms with Crippen LogP contribution in [0.25, 0.3) is 0 Å². The highest BCUT2D eigenvalue weighted by Crippen LogP contribution is 2.14. The van der Waals surface area contributed by atoms with Gasteiger partial charge in [-0.15, -0.1) is 0 Å². The minimum Gasteiger partial charge on any atom is -0.491 e. The summed E-state index contributed by atoms with van der Waals surface area (Å²) in [5.74, 6) is 0.938. The average molecular weight is 270 g/mol. The van der Waals surface area contributed by atoms with E-state index in [-0.39, 0.29) is 6.10 Å². The number of ether oxygens (including phenoxy) is 1. The molecule has 3 heteroatoms. The van der Waals surface area contributed by atoms with Crippen LogP contribution in [0.1, 0.15) is 25.0 Å². The number of benzene rings is 1. The van der Waals surface area contributed by atoms with Crippen molar-refractivity contribution in [3.05, 3.63) is 59.9 Å². The maximum Gasteiger partial charge on any atom is 0.120 e. The first-order valence-electron chi connectivity index (χ1n) is 7.09. The van der Waals surface area contributed by atoms with Gasteiger partial charge in [0.15, 0.2) is 0 Å². The molecule has 3 nitrogen and oxygen atoms in total. The van der Waals surface area contributed by atoms with E-state index in [4.69, 9.17) is 4.74 Å². The largest absolute Gasteiger partial charge is 0.491 e. The summed E-state index contributed by atoms with van der Waals surface area (Å²) in [5, 5.41) is 3.45. The Morgan fingerprint density at radius 3 is 2.65 bits per heavy atom. The molecule has 0 amide bonds. The van der Waals surface area contributed by atoms with Crippen LogP contribution in [0.3, 0.4) is 0 Å². The van der Waals surface area contributed by atoms with E-state index in [9.17, 15) is 0 Å². The lowest BCUT2D eigenvalue weighted by molar-refractivity contribution is 0.242. The van der Waals surface area contributed by atoms with Gasteiger partial charge in [-0.3, -0.25) is 4.98 Å². The van der Waals surface area contributed by atoms with E-state index in [0.717, 1.165) is 25.3 Å². The van der Waals surface area contributed by atoms with Crippen LogP contribution in [-0.4, -0.2) is 17.6 Å². The predicted octanol–water partition coefficient (Wildman–Crippen LogP) is 3.20. The smallest absolute Gasteiger partial charge is 0.120 e. The molecule has 0 aliphatic heterocycles. The van der Waals surface area contributed by atoms with Gasteiger partial charge < -0.3 is 10.1 Å². The molecule has 1 heterocycles. The highest BCUT2D eigenvalue weighted by Gasteiger charge is 1.99. The number of rotatable bonds is 7. The molecule has 0 unspecified atom stereocenters. The van der Waals surface area contributed by atoms with Crippen molar-refractivity contribution >= 4 is 0 Å². The monoisotopic (exact) mass is 270 g/mol. The minimum atomic E-state index is 0.213. The topological polar surface area (TPSA) is 34.1 Å². The van der Waals surface area contributed by atoms with Crippen LogP contribution in [0.15, 0.2) is 48.8 Å². The fourth-order valence-corrected chi connectivity index (χ4v) is 2.02. The SMILES string of the molecule is CC(C)Oc1cccc(CNCCc2ccncc2)c1. The third-order valence-electron chi connectivity index (χ3n) is 2.94. The lowest BCUT2D eigenvalue weighted by Gasteiger charge is -2.11. The van der Waals surface area contributed by atoms with Gasteiger partial charge in [0.2, 0.25) is 0 Å². The third-order valence-corrected chi connectivity index (χ3v) is 2.94. The van der Waals surface area contributed by atoms with Gasteiger partial charge in [-0.25, -0.2) is 0 Å². The van der Waals surface area contributed by atoms with Crippen molar-refractivity contribution in [1.29, 1.82) is 0 Å². The van der Waals surface area contributed by atoms with Gasteiger partial charge in [0, 0.05) is 18.9 Å². The normalized spacial score (nSPS) is 10.8. The summed E-state index contributed by atoms with van der Waals surface area (Å²) in [7, 11) is 0. The molecule has 0 spiro atoms. The molecule has 0 aliphatic rings. The van der Waals surface area contributed by atoms with Gasteiger partial charge in [-0.05, 0) is 62.2 Å². The van der Waals surface area contributed by atoms with Gasteiger partial charge in [-0.1, -0.05) is 12.1 Å². The second-order valence-electron chi connectivity index (χ2n) is 5.10. The molecule has 0 aliphatic carbocycles. The van der Waals surface area contributed by atoms with Crippen LogP contribution in [0.4, 0.5) is 0 Å². The molecule has 0 fully saturated rings. The average Bonchev–Trinajstić information content (AvgIpc) is 2.44. The van der Waals surface area contributed by atoms with Crippen molar-refractivity contribution in [3.8, 4) is 5.75 Å². The molecule has 1 aromatic carbocycles. The molecule has 1 N–H and O–H groups in total. The number of aromatic nitrogens is 1. The molecule has 0 bridgehead atoms. The van der Waals surface area contributed by atoms with Crippen LogP contribution < -0.4 is 10.1 Å². The molecule has 0 saturated heterocycles. The summed E-state index contributed by atoms with van der Waals surface area (Å²) in [6.07, 6.45) is 4.90. The standard InChI is InChI=1S/C17H22N2O/c1-14(2)20-17-5-3-4-16(12-17)13-19-11-8-15-6-9-18-10-7-15/h3-7,9-10,12,14,19H,8,11,13H2,1-2H3. The van der Waals surface area contributed by atoms with E-state index in [0.29, 0.717) is 0 Å². The summed E-state index contributed by atoms with van der Waals surface area (Å²) < 4.78 is 5.70. The van der Waals surface area contributed by atoms with Crippen molar-refractivity contribution in [3.63, 3.8) is 0 Å². The molecule has 2 rings (SSSR count). The molecule has 20 heavy (non-hydrogen) atoms. The first-order valence-corrected chi connectivity index (χ1v) is 7.09. The third kappa shape index (κ3) is 5.02. The van der Waals surface area contributed by atoms with Gasteiger partial charge >= 0.3 is 0 Å².